The number of pyridine rings is 1. The van der Waals surface area contributed by atoms with Gasteiger partial charge in [-0.3, -0.25) is 0 Å². The third-order valence-electron chi connectivity index (χ3n) is 1.65. The monoisotopic (exact) mass is 218 g/mol. The van der Waals surface area contributed by atoms with E-state index in [0.29, 0.717) is 11.5 Å². The standard InChI is InChI=1S/C8H7ClN2O.ClH/c9-4-6-5-11-3-1-2-7(12)8(11)10-6;/h1-3,5,12H,4H2;1H. The highest BCUT2D eigenvalue weighted by Crippen LogP contribution is 2.17. The number of halogens is 2. The lowest BCUT2D eigenvalue weighted by molar-refractivity contribution is 0.477. The molecule has 0 aliphatic rings. The lowest BCUT2D eigenvalue weighted by Gasteiger charge is -1.92. The Morgan fingerprint density at radius 2 is 2.31 bits per heavy atom. The van der Waals surface area contributed by atoms with Gasteiger partial charge in [-0.25, -0.2) is 4.98 Å². The molecule has 13 heavy (non-hydrogen) atoms. The fourth-order valence-corrected chi connectivity index (χ4v) is 1.24. The summed E-state index contributed by atoms with van der Waals surface area (Å²) in [5.41, 5.74) is 1.31. The van der Waals surface area contributed by atoms with Crippen LogP contribution in [0.5, 0.6) is 5.75 Å². The van der Waals surface area contributed by atoms with Crippen LogP contribution in [0.3, 0.4) is 0 Å². The van der Waals surface area contributed by atoms with Gasteiger partial charge in [0.2, 0.25) is 0 Å². The molecule has 3 nitrogen and oxygen atoms in total. The number of nitrogens with zero attached hydrogens (tertiary/aromatic N) is 2. The second kappa shape index (κ2) is 3.85. The third-order valence-corrected chi connectivity index (χ3v) is 1.92. The van der Waals surface area contributed by atoms with Gasteiger partial charge in [0, 0.05) is 12.4 Å². The summed E-state index contributed by atoms with van der Waals surface area (Å²) in [6, 6.07) is 3.35. The number of alkyl halides is 1. The minimum absolute atomic E-state index is 0. The maximum atomic E-state index is 9.35. The fraction of sp³-hybridized carbons (Fsp3) is 0.125. The van der Waals surface area contributed by atoms with Crippen molar-refractivity contribution in [3.8, 4) is 5.75 Å². The van der Waals surface area contributed by atoms with Crippen molar-refractivity contribution in [1.29, 1.82) is 0 Å². The van der Waals surface area contributed by atoms with E-state index < -0.39 is 0 Å². The first-order chi connectivity index (χ1) is 5.81. The molecule has 5 heteroatoms. The van der Waals surface area contributed by atoms with Crippen molar-refractivity contribution >= 4 is 29.7 Å². The number of hydrogen-bond donors (Lipinski definition) is 1. The van der Waals surface area contributed by atoms with E-state index in [4.69, 9.17) is 11.6 Å². The van der Waals surface area contributed by atoms with Gasteiger partial charge in [-0.1, -0.05) is 0 Å². The smallest absolute Gasteiger partial charge is 0.179 e. The number of fused-ring (bicyclic) bond motifs is 1. The Kier molecular flexibility index (Phi) is 3.01. The highest BCUT2D eigenvalue weighted by atomic mass is 35.5. The van der Waals surface area contributed by atoms with E-state index in [1.165, 1.54) is 0 Å². The van der Waals surface area contributed by atoms with Gasteiger partial charge < -0.3 is 9.51 Å². The Labute approximate surface area is 86.4 Å². The average Bonchev–Trinajstić information content (AvgIpc) is 2.49. The van der Waals surface area contributed by atoms with Gasteiger partial charge in [-0.2, -0.15) is 0 Å². The van der Waals surface area contributed by atoms with E-state index in [9.17, 15) is 5.11 Å². The van der Waals surface area contributed by atoms with Crippen LogP contribution in [0.2, 0.25) is 0 Å². The van der Waals surface area contributed by atoms with E-state index in [1.807, 2.05) is 6.20 Å². The summed E-state index contributed by atoms with van der Waals surface area (Å²) in [5, 5.41) is 9.35. The highest BCUT2D eigenvalue weighted by molar-refractivity contribution is 6.16. The molecule has 0 bridgehead atoms. The minimum Gasteiger partial charge on any atom is -0.504 e. The number of aromatic hydroxyl groups is 1. The van der Waals surface area contributed by atoms with E-state index in [2.05, 4.69) is 4.98 Å². The van der Waals surface area contributed by atoms with Gasteiger partial charge in [-0.15, -0.1) is 24.0 Å². The summed E-state index contributed by atoms with van der Waals surface area (Å²) in [5.74, 6) is 0.537. The van der Waals surface area contributed by atoms with Crippen molar-refractivity contribution in [3.63, 3.8) is 0 Å². The quantitative estimate of drug-likeness (QED) is 0.746. The maximum absolute atomic E-state index is 9.35. The molecule has 0 fully saturated rings. The van der Waals surface area contributed by atoms with Gasteiger partial charge in [0.25, 0.3) is 0 Å². The Morgan fingerprint density at radius 3 is 2.92 bits per heavy atom. The first-order valence-corrected chi connectivity index (χ1v) is 4.06. The molecule has 0 atom stereocenters. The zero-order chi connectivity index (χ0) is 8.55. The van der Waals surface area contributed by atoms with Crippen LogP contribution < -0.4 is 0 Å². The number of hydrogen-bond acceptors (Lipinski definition) is 2. The molecule has 0 spiro atoms. The van der Waals surface area contributed by atoms with Crippen LogP contribution in [-0.4, -0.2) is 14.5 Å². The molecular formula is C8H8Cl2N2O. The Hall–Kier alpha value is -0.930. The van der Waals surface area contributed by atoms with Crippen LogP contribution in [0.25, 0.3) is 5.65 Å². The number of imidazole rings is 1. The van der Waals surface area contributed by atoms with Crippen LogP contribution in [-0.2, 0) is 5.88 Å². The van der Waals surface area contributed by atoms with Gasteiger partial charge in [0.15, 0.2) is 11.4 Å². The second-order valence-corrected chi connectivity index (χ2v) is 2.76. The molecule has 0 amide bonds. The average molecular weight is 219 g/mol. The Morgan fingerprint density at radius 1 is 1.54 bits per heavy atom. The normalized spacial score (nSPS) is 9.92. The van der Waals surface area contributed by atoms with E-state index in [0.717, 1.165) is 5.69 Å². The van der Waals surface area contributed by atoms with Crippen LogP contribution in [0.4, 0.5) is 0 Å². The minimum atomic E-state index is 0. The highest BCUT2D eigenvalue weighted by Gasteiger charge is 2.02. The molecule has 0 aliphatic carbocycles. The predicted molar refractivity (Wildman–Crippen MR) is 53.7 cm³/mol. The van der Waals surface area contributed by atoms with Gasteiger partial charge in [0.05, 0.1) is 11.6 Å². The fourth-order valence-electron chi connectivity index (χ4n) is 1.11. The van der Waals surface area contributed by atoms with Gasteiger partial charge in [-0.05, 0) is 12.1 Å². The van der Waals surface area contributed by atoms with Crippen LogP contribution in [0.1, 0.15) is 5.69 Å². The molecule has 2 rings (SSSR count). The predicted octanol–water partition coefficient (Wildman–Crippen LogP) is 2.20. The first-order valence-electron chi connectivity index (χ1n) is 3.53. The summed E-state index contributed by atoms with van der Waals surface area (Å²) in [4.78, 5) is 4.11. The lowest BCUT2D eigenvalue weighted by Crippen LogP contribution is -1.80. The Balaban J connectivity index is 0.000000845. The van der Waals surface area contributed by atoms with Crippen molar-refractivity contribution in [1.82, 2.24) is 9.38 Å². The number of aromatic nitrogens is 2. The molecule has 0 aliphatic heterocycles. The second-order valence-electron chi connectivity index (χ2n) is 2.49. The maximum Gasteiger partial charge on any atom is 0.179 e. The molecular weight excluding hydrogens is 211 g/mol. The molecule has 2 heterocycles. The SMILES string of the molecule is Cl.Oc1cccn2cc(CCl)nc12. The summed E-state index contributed by atoms with van der Waals surface area (Å²) < 4.78 is 1.74. The zero-order valence-electron chi connectivity index (χ0n) is 6.64. The van der Waals surface area contributed by atoms with Crippen molar-refractivity contribution in [2.75, 3.05) is 0 Å². The largest absolute Gasteiger partial charge is 0.504 e. The molecule has 0 saturated carbocycles. The lowest BCUT2D eigenvalue weighted by atomic mass is 10.4. The van der Waals surface area contributed by atoms with Crippen LogP contribution in [0.15, 0.2) is 24.5 Å². The zero-order valence-corrected chi connectivity index (χ0v) is 8.22. The molecule has 0 radical (unpaired) electrons. The van der Waals surface area contributed by atoms with Gasteiger partial charge >= 0.3 is 0 Å². The summed E-state index contributed by atoms with van der Waals surface area (Å²) >= 11 is 5.59. The van der Waals surface area contributed by atoms with Crippen molar-refractivity contribution < 1.29 is 5.11 Å². The topological polar surface area (TPSA) is 37.5 Å². The van der Waals surface area contributed by atoms with E-state index in [-0.39, 0.29) is 18.2 Å². The Bertz CT molecular complexity index is 413. The molecule has 0 aromatic carbocycles. The molecule has 2 aromatic heterocycles. The van der Waals surface area contributed by atoms with Crippen LogP contribution in [0, 0.1) is 0 Å². The van der Waals surface area contributed by atoms with Crippen molar-refractivity contribution in [2.45, 2.75) is 5.88 Å². The molecule has 0 saturated heterocycles. The van der Waals surface area contributed by atoms with Crippen molar-refractivity contribution in [2.24, 2.45) is 0 Å². The van der Waals surface area contributed by atoms with Crippen molar-refractivity contribution in [3.05, 3.63) is 30.2 Å². The van der Waals surface area contributed by atoms with Gasteiger partial charge in [0.1, 0.15) is 0 Å². The number of rotatable bonds is 1. The molecule has 2 aromatic rings. The summed E-state index contributed by atoms with van der Waals surface area (Å²) in [7, 11) is 0. The summed E-state index contributed by atoms with van der Waals surface area (Å²) in [6.45, 7) is 0. The van der Waals surface area contributed by atoms with E-state index in [1.54, 1.807) is 22.7 Å². The summed E-state index contributed by atoms with van der Waals surface area (Å²) in [6.07, 6.45) is 3.61. The molecule has 0 unspecified atom stereocenters. The molecule has 70 valence electrons. The van der Waals surface area contributed by atoms with Crippen LogP contribution >= 0.6 is 24.0 Å². The third kappa shape index (κ3) is 1.71. The van der Waals surface area contributed by atoms with E-state index >= 15 is 0 Å². The molecule has 1 N–H and O–H groups in total. The first kappa shape index (κ1) is 10.2.